The Kier molecular flexibility index (Phi) is 4.82. The third-order valence-electron chi connectivity index (χ3n) is 4.22. The van der Waals surface area contributed by atoms with Gasteiger partial charge in [-0.05, 0) is 37.5 Å². The summed E-state index contributed by atoms with van der Waals surface area (Å²) >= 11 is 0. The Morgan fingerprint density at radius 1 is 1.17 bits per heavy atom. The molecule has 1 aromatic carbocycles. The number of para-hydroxylation sites is 1. The number of sulfonamides is 1. The van der Waals surface area contributed by atoms with E-state index in [2.05, 4.69) is 21.8 Å². The molecule has 1 aromatic heterocycles. The van der Waals surface area contributed by atoms with Crippen molar-refractivity contribution in [3.8, 4) is 0 Å². The van der Waals surface area contributed by atoms with E-state index in [1.165, 1.54) is 0 Å². The minimum Gasteiger partial charge on any atom is -0.356 e. The van der Waals surface area contributed by atoms with Crippen molar-refractivity contribution in [2.24, 2.45) is 0 Å². The molecule has 1 aliphatic rings. The maximum absolute atomic E-state index is 11.9. The van der Waals surface area contributed by atoms with Gasteiger partial charge in [0.1, 0.15) is 5.82 Å². The maximum atomic E-state index is 11.9. The van der Waals surface area contributed by atoms with Gasteiger partial charge in [0, 0.05) is 24.5 Å². The van der Waals surface area contributed by atoms with Crippen molar-refractivity contribution in [1.29, 1.82) is 0 Å². The van der Waals surface area contributed by atoms with Gasteiger partial charge >= 0.3 is 0 Å². The Bertz CT molecular complexity index is 768. The SMILES string of the molecule is CCCS(=O)(=O)NC1CCN(c2ccc3ccccc3n2)CC1. The van der Waals surface area contributed by atoms with Crippen LogP contribution in [0.15, 0.2) is 36.4 Å². The molecule has 0 unspecified atom stereocenters. The molecule has 0 saturated carbocycles. The summed E-state index contributed by atoms with van der Waals surface area (Å²) in [6, 6.07) is 12.3. The van der Waals surface area contributed by atoms with Gasteiger partial charge in [-0.2, -0.15) is 0 Å². The highest BCUT2D eigenvalue weighted by Crippen LogP contribution is 2.21. The van der Waals surface area contributed by atoms with Crippen molar-refractivity contribution in [2.75, 3.05) is 23.7 Å². The average molecular weight is 333 g/mol. The van der Waals surface area contributed by atoms with E-state index in [1.807, 2.05) is 31.2 Å². The molecule has 1 fully saturated rings. The van der Waals surface area contributed by atoms with E-state index in [9.17, 15) is 8.42 Å². The minimum atomic E-state index is -3.13. The highest BCUT2D eigenvalue weighted by atomic mass is 32.2. The van der Waals surface area contributed by atoms with E-state index in [0.717, 1.165) is 42.7 Å². The summed E-state index contributed by atoms with van der Waals surface area (Å²) in [6.45, 7) is 3.53. The summed E-state index contributed by atoms with van der Waals surface area (Å²) < 4.78 is 26.5. The molecule has 0 amide bonds. The van der Waals surface area contributed by atoms with Gasteiger partial charge in [-0.1, -0.05) is 25.1 Å². The van der Waals surface area contributed by atoms with Crippen LogP contribution in [0.2, 0.25) is 0 Å². The van der Waals surface area contributed by atoms with E-state index < -0.39 is 10.0 Å². The van der Waals surface area contributed by atoms with Crippen molar-refractivity contribution >= 4 is 26.7 Å². The lowest BCUT2D eigenvalue weighted by Gasteiger charge is -2.33. The Morgan fingerprint density at radius 3 is 2.65 bits per heavy atom. The quantitative estimate of drug-likeness (QED) is 0.913. The van der Waals surface area contributed by atoms with E-state index in [4.69, 9.17) is 4.98 Å². The van der Waals surface area contributed by atoms with E-state index in [-0.39, 0.29) is 11.8 Å². The number of hydrogen-bond acceptors (Lipinski definition) is 4. The lowest BCUT2D eigenvalue weighted by atomic mass is 10.1. The molecule has 1 N–H and O–H groups in total. The van der Waals surface area contributed by atoms with E-state index >= 15 is 0 Å². The number of anilines is 1. The van der Waals surface area contributed by atoms with Gasteiger partial charge < -0.3 is 4.90 Å². The molecule has 6 heteroatoms. The Hall–Kier alpha value is -1.66. The van der Waals surface area contributed by atoms with Gasteiger partial charge in [-0.3, -0.25) is 0 Å². The van der Waals surface area contributed by atoms with Crippen LogP contribution in [-0.2, 0) is 10.0 Å². The summed E-state index contributed by atoms with van der Waals surface area (Å²) in [4.78, 5) is 6.95. The van der Waals surface area contributed by atoms with Crippen molar-refractivity contribution in [2.45, 2.75) is 32.2 Å². The van der Waals surface area contributed by atoms with Crippen LogP contribution in [0.1, 0.15) is 26.2 Å². The first-order valence-corrected chi connectivity index (χ1v) is 9.83. The number of hydrogen-bond donors (Lipinski definition) is 1. The minimum absolute atomic E-state index is 0.0447. The zero-order valence-corrected chi connectivity index (χ0v) is 14.2. The second-order valence-corrected chi connectivity index (χ2v) is 7.93. The van der Waals surface area contributed by atoms with Crippen LogP contribution in [0.5, 0.6) is 0 Å². The zero-order valence-electron chi connectivity index (χ0n) is 13.4. The molecule has 1 aliphatic heterocycles. The second kappa shape index (κ2) is 6.84. The molecule has 5 nitrogen and oxygen atoms in total. The maximum Gasteiger partial charge on any atom is 0.211 e. The summed E-state index contributed by atoms with van der Waals surface area (Å²) in [5.74, 6) is 1.18. The lowest BCUT2D eigenvalue weighted by Crippen LogP contribution is -2.45. The smallest absolute Gasteiger partial charge is 0.211 e. The molecular formula is C17H23N3O2S. The number of benzene rings is 1. The summed E-state index contributed by atoms with van der Waals surface area (Å²) in [5.41, 5.74) is 0.996. The first-order valence-electron chi connectivity index (χ1n) is 8.18. The van der Waals surface area contributed by atoms with Gasteiger partial charge in [0.2, 0.25) is 10.0 Å². The van der Waals surface area contributed by atoms with Crippen molar-refractivity contribution in [3.63, 3.8) is 0 Å². The van der Waals surface area contributed by atoms with E-state index in [1.54, 1.807) is 0 Å². The fourth-order valence-corrected chi connectivity index (χ4v) is 4.44. The number of piperidine rings is 1. The zero-order chi connectivity index (χ0) is 16.3. The van der Waals surface area contributed by atoms with Crippen molar-refractivity contribution < 1.29 is 8.42 Å². The predicted molar refractivity (Wildman–Crippen MR) is 94.2 cm³/mol. The average Bonchev–Trinajstić information content (AvgIpc) is 2.54. The number of fused-ring (bicyclic) bond motifs is 1. The molecule has 124 valence electrons. The van der Waals surface area contributed by atoms with Crippen molar-refractivity contribution in [1.82, 2.24) is 9.71 Å². The normalized spacial score (nSPS) is 16.8. The van der Waals surface area contributed by atoms with E-state index in [0.29, 0.717) is 6.42 Å². The number of aromatic nitrogens is 1. The molecule has 0 radical (unpaired) electrons. The lowest BCUT2D eigenvalue weighted by molar-refractivity contribution is 0.458. The Morgan fingerprint density at radius 2 is 1.91 bits per heavy atom. The van der Waals surface area contributed by atoms with Gasteiger partial charge in [-0.25, -0.2) is 18.1 Å². The number of rotatable bonds is 5. The molecule has 23 heavy (non-hydrogen) atoms. The molecule has 2 aromatic rings. The predicted octanol–water partition coefficient (Wildman–Crippen LogP) is 2.53. The Balaban J connectivity index is 1.64. The van der Waals surface area contributed by atoms with Crippen LogP contribution in [0.4, 0.5) is 5.82 Å². The molecule has 0 atom stereocenters. The Labute approximate surface area is 137 Å². The summed E-state index contributed by atoms with van der Waals surface area (Å²) in [6.07, 6.45) is 2.28. The van der Waals surface area contributed by atoms with Crippen LogP contribution in [0.25, 0.3) is 10.9 Å². The highest BCUT2D eigenvalue weighted by molar-refractivity contribution is 7.89. The molecule has 0 bridgehead atoms. The van der Waals surface area contributed by atoms with Gasteiger partial charge in [-0.15, -0.1) is 0 Å². The molecule has 3 rings (SSSR count). The molecular weight excluding hydrogens is 310 g/mol. The standard InChI is InChI=1S/C17H23N3O2S/c1-2-13-23(21,22)19-15-9-11-20(12-10-15)17-8-7-14-5-3-4-6-16(14)18-17/h3-8,15,19H,2,9-13H2,1H3. The molecule has 2 heterocycles. The molecule has 0 aliphatic carbocycles. The summed E-state index contributed by atoms with van der Waals surface area (Å²) in [7, 11) is -3.13. The third kappa shape index (κ3) is 4.00. The fraction of sp³-hybridized carbons (Fsp3) is 0.471. The highest BCUT2D eigenvalue weighted by Gasteiger charge is 2.23. The van der Waals surface area contributed by atoms with Crippen LogP contribution >= 0.6 is 0 Å². The molecule has 0 spiro atoms. The van der Waals surface area contributed by atoms with Gasteiger partial charge in [0.25, 0.3) is 0 Å². The fourth-order valence-electron chi connectivity index (χ4n) is 3.04. The first-order chi connectivity index (χ1) is 11.1. The monoisotopic (exact) mass is 333 g/mol. The number of nitrogens with zero attached hydrogens (tertiary/aromatic N) is 2. The number of pyridine rings is 1. The molecule has 1 saturated heterocycles. The van der Waals surface area contributed by atoms with Gasteiger partial charge in [0.05, 0.1) is 11.3 Å². The third-order valence-corrected chi connectivity index (χ3v) is 5.86. The topological polar surface area (TPSA) is 62.3 Å². The first kappa shape index (κ1) is 16.2. The van der Waals surface area contributed by atoms with Crippen LogP contribution in [0.3, 0.4) is 0 Å². The van der Waals surface area contributed by atoms with Crippen LogP contribution in [-0.4, -0.2) is 38.3 Å². The van der Waals surface area contributed by atoms with Crippen LogP contribution < -0.4 is 9.62 Å². The second-order valence-electron chi connectivity index (χ2n) is 6.06. The largest absolute Gasteiger partial charge is 0.356 e. The number of nitrogens with one attached hydrogen (secondary N) is 1. The van der Waals surface area contributed by atoms with Crippen LogP contribution in [0, 0.1) is 0 Å². The van der Waals surface area contributed by atoms with Gasteiger partial charge in [0.15, 0.2) is 0 Å². The summed E-state index contributed by atoms with van der Waals surface area (Å²) in [5, 5.41) is 1.14. The van der Waals surface area contributed by atoms with Crippen molar-refractivity contribution in [3.05, 3.63) is 36.4 Å².